The highest BCUT2D eigenvalue weighted by Crippen LogP contribution is 2.18. The van der Waals surface area contributed by atoms with E-state index in [0.29, 0.717) is 9.61 Å². The van der Waals surface area contributed by atoms with Gasteiger partial charge in [0.25, 0.3) is 5.56 Å². The second-order valence-corrected chi connectivity index (χ2v) is 5.67. The number of hydrogen-bond donors (Lipinski definition) is 1. The van der Waals surface area contributed by atoms with Crippen LogP contribution in [0.1, 0.15) is 13.3 Å². The van der Waals surface area contributed by atoms with E-state index in [4.69, 9.17) is 0 Å². The largest absolute Gasteiger partial charge is 0.356 e. The summed E-state index contributed by atoms with van der Waals surface area (Å²) in [6.07, 6.45) is 4.64. The predicted molar refractivity (Wildman–Crippen MR) is 78.4 cm³/mol. The van der Waals surface area contributed by atoms with Crippen molar-refractivity contribution in [2.24, 2.45) is 0 Å². The minimum Gasteiger partial charge on any atom is -0.356 e. The number of halogens is 1. The lowest BCUT2D eigenvalue weighted by Gasteiger charge is -2.26. The van der Waals surface area contributed by atoms with Gasteiger partial charge in [0.2, 0.25) is 0 Å². The summed E-state index contributed by atoms with van der Waals surface area (Å²) in [5.41, 5.74) is -0.0745. The fraction of sp³-hybridized carbons (Fsp3) is 0.600. The Morgan fingerprint density at radius 1 is 1.69 bits per heavy atom. The molecule has 0 amide bonds. The number of thioether (sulfide) groups is 1. The first-order chi connectivity index (χ1) is 7.57. The Morgan fingerprint density at radius 2 is 2.38 bits per heavy atom. The maximum absolute atomic E-state index is 11.4. The van der Waals surface area contributed by atoms with Crippen molar-refractivity contribution in [3.8, 4) is 0 Å². The van der Waals surface area contributed by atoms with Gasteiger partial charge in [0.15, 0.2) is 0 Å². The molecule has 1 aromatic rings. The van der Waals surface area contributed by atoms with Crippen LogP contribution < -0.4 is 10.5 Å². The zero-order valence-electron chi connectivity index (χ0n) is 9.66. The minimum absolute atomic E-state index is 0.0745. The highest BCUT2D eigenvalue weighted by molar-refractivity contribution is 14.1. The van der Waals surface area contributed by atoms with Crippen molar-refractivity contribution >= 4 is 40.2 Å². The maximum Gasteiger partial charge on any atom is 0.266 e. The van der Waals surface area contributed by atoms with Gasteiger partial charge < -0.3 is 9.88 Å². The molecular weight excluding hydrogens is 337 g/mol. The summed E-state index contributed by atoms with van der Waals surface area (Å²) >= 11 is 3.87. The predicted octanol–water partition coefficient (Wildman–Crippen LogP) is 1.95. The van der Waals surface area contributed by atoms with E-state index in [-0.39, 0.29) is 5.56 Å². The van der Waals surface area contributed by atoms with E-state index in [2.05, 4.69) is 28.0 Å². The van der Waals surface area contributed by atoms with Crippen molar-refractivity contribution in [2.45, 2.75) is 19.4 Å². The maximum atomic E-state index is 11.4. The Bertz CT molecular complexity index is 396. The molecule has 90 valence electrons. The third-order valence-corrected chi connectivity index (χ3v) is 4.13. The van der Waals surface area contributed by atoms with E-state index < -0.39 is 0 Å². The molecule has 1 unspecified atom stereocenters. The molecule has 0 aliphatic rings. The average Bonchev–Trinajstić information content (AvgIpc) is 2.28. The number of hydrogen-bond acceptors (Lipinski definition) is 4. The van der Waals surface area contributed by atoms with E-state index >= 15 is 0 Å². The number of H-pyrrole nitrogens is 1. The van der Waals surface area contributed by atoms with E-state index in [1.54, 1.807) is 0 Å². The van der Waals surface area contributed by atoms with Crippen LogP contribution in [0.2, 0.25) is 0 Å². The molecule has 0 aromatic carbocycles. The molecule has 0 bridgehead atoms. The number of rotatable bonds is 5. The molecule has 1 heterocycles. The van der Waals surface area contributed by atoms with Crippen LogP contribution in [0.15, 0.2) is 11.1 Å². The first-order valence-corrected chi connectivity index (χ1v) is 7.50. The summed E-state index contributed by atoms with van der Waals surface area (Å²) in [6.45, 7) is 2.15. The van der Waals surface area contributed by atoms with Gasteiger partial charge >= 0.3 is 0 Å². The molecule has 1 atom stereocenters. The smallest absolute Gasteiger partial charge is 0.266 e. The number of anilines is 1. The number of aromatic nitrogens is 2. The summed E-state index contributed by atoms with van der Waals surface area (Å²) in [6, 6.07) is 0.385. The second-order valence-electron chi connectivity index (χ2n) is 3.61. The summed E-state index contributed by atoms with van der Waals surface area (Å²) in [7, 11) is 1.98. The molecule has 0 spiro atoms. The molecule has 4 nitrogen and oxygen atoms in total. The van der Waals surface area contributed by atoms with Gasteiger partial charge in [-0.2, -0.15) is 11.8 Å². The fourth-order valence-electron chi connectivity index (χ4n) is 1.31. The molecule has 0 aliphatic heterocycles. The Hall–Kier alpha value is -0.240. The van der Waals surface area contributed by atoms with Crippen LogP contribution in [0.4, 0.5) is 5.82 Å². The zero-order valence-corrected chi connectivity index (χ0v) is 12.6. The van der Waals surface area contributed by atoms with Gasteiger partial charge in [0.05, 0.1) is 6.33 Å². The fourth-order valence-corrected chi connectivity index (χ4v) is 2.56. The average molecular weight is 353 g/mol. The van der Waals surface area contributed by atoms with Crippen LogP contribution in [0.5, 0.6) is 0 Å². The lowest BCUT2D eigenvalue weighted by atomic mass is 10.2. The lowest BCUT2D eigenvalue weighted by Crippen LogP contribution is -2.32. The molecule has 0 fully saturated rings. The number of nitrogens with one attached hydrogen (secondary N) is 1. The molecule has 1 rings (SSSR count). The van der Waals surface area contributed by atoms with E-state index in [0.717, 1.165) is 18.0 Å². The van der Waals surface area contributed by atoms with Gasteiger partial charge in [-0.15, -0.1) is 0 Å². The zero-order chi connectivity index (χ0) is 12.1. The Kier molecular flexibility index (Phi) is 5.60. The van der Waals surface area contributed by atoms with Gasteiger partial charge in [-0.25, -0.2) is 4.98 Å². The SMILES string of the molecule is CSCCC(C)N(C)c1nc[nH]c(=O)c1I. The van der Waals surface area contributed by atoms with Crippen molar-refractivity contribution in [1.82, 2.24) is 9.97 Å². The van der Waals surface area contributed by atoms with Crippen LogP contribution in [0.25, 0.3) is 0 Å². The third kappa shape index (κ3) is 3.38. The van der Waals surface area contributed by atoms with Crippen LogP contribution in [-0.2, 0) is 0 Å². The molecule has 0 radical (unpaired) electrons. The number of aromatic amines is 1. The standard InChI is InChI=1S/C10H16IN3OS/c1-7(4-5-16-3)14(2)9-8(11)10(15)13-6-12-9/h6-7H,4-5H2,1-3H3,(H,12,13,15). The van der Waals surface area contributed by atoms with Crippen molar-refractivity contribution in [2.75, 3.05) is 24.0 Å². The topological polar surface area (TPSA) is 49.0 Å². The van der Waals surface area contributed by atoms with Gasteiger partial charge in [-0.3, -0.25) is 4.79 Å². The Labute approximate surface area is 113 Å². The van der Waals surface area contributed by atoms with Crippen molar-refractivity contribution in [3.05, 3.63) is 20.3 Å². The first-order valence-electron chi connectivity index (χ1n) is 5.03. The summed E-state index contributed by atoms with van der Waals surface area (Å²) < 4.78 is 0.651. The van der Waals surface area contributed by atoms with E-state index in [1.807, 2.05) is 41.4 Å². The van der Waals surface area contributed by atoms with Crippen LogP contribution in [0, 0.1) is 3.57 Å². The quantitative estimate of drug-likeness (QED) is 0.823. The Morgan fingerprint density at radius 3 is 3.00 bits per heavy atom. The van der Waals surface area contributed by atoms with Crippen molar-refractivity contribution in [1.29, 1.82) is 0 Å². The lowest BCUT2D eigenvalue weighted by molar-refractivity contribution is 0.659. The molecule has 0 aliphatic carbocycles. The van der Waals surface area contributed by atoms with Crippen LogP contribution in [-0.4, -0.2) is 35.1 Å². The first kappa shape index (κ1) is 13.8. The normalized spacial score (nSPS) is 12.5. The third-order valence-electron chi connectivity index (χ3n) is 2.51. The summed E-state index contributed by atoms with van der Waals surface area (Å²) in [5, 5.41) is 0. The minimum atomic E-state index is -0.0745. The molecule has 16 heavy (non-hydrogen) atoms. The van der Waals surface area contributed by atoms with E-state index in [1.165, 1.54) is 6.33 Å². The summed E-state index contributed by atoms with van der Waals surface area (Å²) in [5.74, 6) is 1.88. The molecule has 1 N–H and O–H groups in total. The van der Waals surface area contributed by atoms with Gasteiger partial charge in [0, 0.05) is 13.1 Å². The molecule has 0 saturated carbocycles. The molecule has 1 aromatic heterocycles. The van der Waals surface area contributed by atoms with Gasteiger partial charge in [-0.1, -0.05) is 0 Å². The monoisotopic (exact) mass is 353 g/mol. The van der Waals surface area contributed by atoms with Crippen LogP contribution >= 0.6 is 34.4 Å². The van der Waals surface area contributed by atoms with Gasteiger partial charge in [0.1, 0.15) is 9.39 Å². The Balaban J connectivity index is 2.83. The van der Waals surface area contributed by atoms with Crippen molar-refractivity contribution < 1.29 is 0 Å². The highest BCUT2D eigenvalue weighted by Gasteiger charge is 2.15. The van der Waals surface area contributed by atoms with Gasteiger partial charge in [-0.05, 0) is 47.9 Å². The van der Waals surface area contributed by atoms with Crippen LogP contribution in [0.3, 0.4) is 0 Å². The summed E-state index contributed by atoms with van der Waals surface area (Å²) in [4.78, 5) is 20.3. The second kappa shape index (κ2) is 6.48. The molecule has 0 saturated heterocycles. The molecular formula is C10H16IN3OS. The van der Waals surface area contributed by atoms with E-state index in [9.17, 15) is 4.79 Å². The number of nitrogens with zero attached hydrogens (tertiary/aromatic N) is 2. The molecule has 6 heteroatoms. The van der Waals surface area contributed by atoms with Crippen molar-refractivity contribution in [3.63, 3.8) is 0 Å². The highest BCUT2D eigenvalue weighted by atomic mass is 127.